The molecule has 1 heterocycles. The van der Waals surface area contributed by atoms with E-state index in [1.54, 1.807) is 0 Å². The van der Waals surface area contributed by atoms with Gasteiger partial charge in [-0.15, -0.1) is 0 Å². The molecule has 0 aliphatic heterocycles. The molecule has 0 saturated carbocycles. The first kappa shape index (κ1) is 29.4. The molecule has 0 bridgehead atoms. The number of nitrogens with one attached hydrogen (secondary N) is 1. The standard InChI is InChI=1S/C36H40N4O2/c37-22-12-26-41-24-9-10-25-42-27-13-23-38-36-33(29-15-3-1-4-16-29)34(39-35(40-36)30-17-5-2-6-18-30)32-21-11-19-28-14-7-8-20-31(28)32/h1-8,11,14-21H,9-10,12-13,22-27,37H2,(H,38,39,40). The summed E-state index contributed by atoms with van der Waals surface area (Å²) in [6.07, 6.45) is 3.78. The second-order valence-electron chi connectivity index (χ2n) is 10.2. The molecule has 0 fully saturated rings. The van der Waals surface area contributed by atoms with Gasteiger partial charge in [-0.2, -0.15) is 0 Å². The number of unbranched alkanes of at least 4 members (excludes halogenated alkanes) is 1. The third-order valence-electron chi connectivity index (χ3n) is 7.13. The van der Waals surface area contributed by atoms with Crippen LogP contribution < -0.4 is 11.1 Å². The average molecular weight is 561 g/mol. The van der Waals surface area contributed by atoms with E-state index < -0.39 is 0 Å². The van der Waals surface area contributed by atoms with Crippen molar-refractivity contribution in [3.05, 3.63) is 103 Å². The molecule has 0 radical (unpaired) electrons. The van der Waals surface area contributed by atoms with Gasteiger partial charge in [0.1, 0.15) is 5.82 Å². The minimum Gasteiger partial charge on any atom is -0.381 e. The number of anilines is 1. The fourth-order valence-corrected chi connectivity index (χ4v) is 4.99. The van der Waals surface area contributed by atoms with Crippen LogP contribution in [0, 0.1) is 0 Å². The quantitative estimate of drug-likeness (QED) is 0.121. The Balaban J connectivity index is 1.39. The van der Waals surface area contributed by atoms with Gasteiger partial charge in [0, 0.05) is 44.1 Å². The summed E-state index contributed by atoms with van der Waals surface area (Å²) in [4.78, 5) is 10.3. The van der Waals surface area contributed by atoms with Crippen LogP contribution in [0.25, 0.3) is 44.5 Å². The normalized spacial score (nSPS) is 11.2. The van der Waals surface area contributed by atoms with E-state index in [0.29, 0.717) is 19.0 Å². The van der Waals surface area contributed by atoms with Crippen molar-refractivity contribution in [2.45, 2.75) is 25.7 Å². The van der Waals surface area contributed by atoms with E-state index in [1.807, 2.05) is 24.3 Å². The van der Waals surface area contributed by atoms with Gasteiger partial charge < -0.3 is 20.5 Å². The zero-order valence-corrected chi connectivity index (χ0v) is 24.2. The smallest absolute Gasteiger partial charge is 0.162 e. The molecule has 3 N–H and O–H groups in total. The molecule has 0 aliphatic rings. The Kier molecular flexibility index (Phi) is 11.0. The fraction of sp³-hybridized carbons (Fsp3) is 0.278. The summed E-state index contributed by atoms with van der Waals surface area (Å²) in [5.74, 6) is 1.53. The predicted molar refractivity (Wildman–Crippen MR) is 173 cm³/mol. The lowest BCUT2D eigenvalue weighted by atomic mass is 9.95. The molecular formula is C36H40N4O2. The summed E-state index contributed by atoms with van der Waals surface area (Å²) in [6, 6.07) is 35.5. The van der Waals surface area contributed by atoms with Crippen LogP contribution in [0.3, 0.4) is 0 Å². The largest absolute Gasteiger partial charge is 0.381 e. The number of aromatic nitrogens is 2. The third kappa shape index (κ3) is 7.79. The number of ether oxygens (including phenoxy) is 2. The van der Waals surface area contributed by atoms with Crippen molar-refractivity contribution >= 4 is 16.6 Å². The van der Waals surface area contributed by atoms with Crippen molar-refractivity contribution in [2.75, 3.05) is 44.8 Å². The van der Waals surface area contributed by atoms with Gasteiger partial charge in [0.25, 0.3) is 0 Å². The Morgan fingerprint density at radius 1 is 0.595 bits per heavy atom. The molecule has 5 rings (SSSR count). The lowest BCUT2D eigenvalue weighted by Gasteiger charge is -2.18. The molecule has 5 aromatic rings. The summed E-state index contributed by atoms with van der Waals surface area (Å²) in [5.41, 5.74) is 10.6. The number of nitrogens with zero attached hydrogens (tertiary/aromatic N) is 2. The fourth-order valence-electron chi connectivity index (χ4n) is 4.99. The van der Waals surface area contributed by atoms with Gasteiger partial charge in [-0.3, -0.25) is 0 Å². The van der Waals surface area contributed by atoms with Gasteiger partial charge in [-0.05, 0) is 48.6 Å². The van der Waals surface area contributed by atoms with Crippen molar-refractivity contribution in [1.82, 2.24) is 9.97 Å². The Morgan fingerprint density at radius 2 is 1.21 bits per heavy atom. The van der Waals surface area contributed by atoms with Crippen LogP contribution in [0.15, 0.2) is 103 Å². The van der Waals surface area contributed by atoms with Gasteiger partial charge in [-0.25, -0.2) is 9.97 Å². The molecule has 4 aromatic carbocycles. The first-order chi connectivity index (χ1) is 20.8. The maximum absolute atomic E-state index is 5.90. The minimum absolute atomic E-state index is 0.678. The molecule has 6 nitrogen and oxygen atoms in total. The van der Waals surface area contributed by atoms with Crippen molar-refractivity contribution < 1.29 is 9.47 Å². The second kappa shape index (κ2) is 15.8. The molecular weight excluding hydrogens is 520 g/mol. The van der Waals surface area contributed by atoms with Gasteiger partial charge in [0.2, 0.25) is 0 Å². The lowest BCUT2D eigenvalue weighted by molar-refractivity contribution is 0.102. The number of benzene rings is 4. The van der Waals surface area contributed by atoms with E-state index in [1.165, 1.54) is 10.8 Å². The Hall–Kier alpha value is -4.10. The number of hydrogen-bond donors (Lipinski definition) is 2. The van der Waals surface area contributed by atoms with Crippen LogP contribution in [-0.2, 0) is 9.47 Å². The maximum atomic E-state index is 5.90. The van der Waals surface area contributed by atoms with Crippen LogP contribution in [0.2, 0.25) is 0 Å². The molecule has 216 valence electrons. The highest BCUT2D eigenvalue weighted by molar-refractivity contribution is 6.01. The highest BCUT2D eigenvalue weighted by Crippen LogP contribution is 2.40. The van der Waals surface area contributed by atoms with Crippen molar-refractivity contribution in [2.24, 2.45) is 5.73 Å². The van der Waals surface area contributed by atoms with Crippen molar-refractivity contribution in [3.63, 3.8) is 0 Å². The third-order valence-corrected chi connectivity index (χ3v) is 7.13. The number of rotatable bonds is 16. The summed E-state index contributed by atoms with van der Waals surface area (Å²) in [7, 11) is 0. The molecule has 0 unspecified atom stereocenters. The SMILES string of the molecule is NCCCOCCCCOCCCNc1nc(-c2ccccc2)nc(-c2cccc3ccccc23)c1-c1ccccc1. The summed E-state index contributed by atoms with van der Waals surface area (Å²) in [6.45, 7) is 4.36. The van der Waals surface area contributed by atoms with Crippen LogP contribution in [0.4, 0.5) is 5.82 Å². The summed E-state index contributed by atoms with van der Waals surface area (Å²) in [5, 5.41) is 6.00. The molecule has 0 spiro atoms. The minimum atomic E-state index is 0.678. The first-order valence-electron chi connectivity index (χ1n) is 15.0. The van der Waals surface area contributed by atoms with Crippen LogP contribution in [0.1, 0.15) is 25.7 Å². The van der Waals surface area contributed by atoms with E-state index >= 15 is 0 Å². The molecule has 0 saturated heterocycles. The van der Waals surface area contributed by atoms with Crippen molar-refractivity contribution in [1.29, 1.82) is 0 Å². The number of fused-ring (bicyclic) bond motifs is 1. The summed E-state index contributed by atoms with van der Waals surface area (Å²) < 4.78 is 11.5. The number of nitrogens with two attached hydrogens (primary N) is 1. The zero-order valence-electron chi connectivity index (χ0n) is 24.2. The molecule has 1 aromatic heterocycles. The molecule has 0 aliphatic carbocycles. The molecule has 6 heteroatoms. The summed E-state index contributed by atoms with van der Waals surface area (Å²) >= 11 is 0. The van der Waals surface area contributed by atoms with Gasteiger partial charge in [-0.1, -0.05) is 103 Å². The highest BCUT2D eigenvalue weighted by atomic mass is 16.5. The van der Waals surface area contributed by atoms with E-state index in [-0.39, 0.29) is 0 Å². The topological polar surface area (TPSA) is 82.3 Å². The Labute approximate surface area is 248 Å². The predicted octanol–water partition coefficient (Wildman–Crippen LogP) is 7.60. The number of hydrogen-bond acceptors (Lipinski definition) is 6. The van der Waals surface area contributed by atoms with Crippen LogP contribution in [-0.4, -0.2) is 49.5 Å². The average Bonchev–Trinajstić information content (AvgIpc) is 3.05. The van der Waals surface area contributed by atoms with Crippen LogP contribution >= 0.6 is 0 Å². The molecule has 42 heavy (non-hydrogen) atoms. The van der Waals surface area contributed by atoms with Gasteiger partial charge in [0.15, 0.2) is 5.82 Å². The van der Waals surface area contributed by atoms with Gasteiger partial charge in [0.05, 0.1) is 11.3 Å². The van der Waals surface area contributed by atoms with E-state index in [0.717, 1.165) is 85.8 Å². The Bertz CT molecular complexity index is 1520. The maximum Gasteiger partial charge on any atom is 0.162 e. The molecule has 0 atom stereocenters. The highest BCUT2D eigenvalue weighted by Gasteiger charge is 2.20. The van der Waals surface area contributed by atoms with E-state index in [2.05, 4.69) is 84.2 Å². The van der Waals surface area contributed by atoms with Crippen molar-refractivity contribution in [3.8, 4) is 33.8 Å². The second-order valence-corrected chi connectivity index (χ2v) is 10.2. The van der Waals surface area contributed by atoms with E-state index in [9.17, 15) is 0 Å². The Morgan fingerprint density at radius 3 is 1.95 bits per heavy atom. The zero-order chi connectivity index (χ0) is 28.8. The van der Waals surface area contributed by atoms with Crippen LogP contribution in [0.5, 0.6) is 0 Å². The monoisotopic (exact) mass is 560 g/mol. The first-order valence-corrected chi connectivity index (χ1v) is 15.0. The van der Waals surface area contributed by atoms with E-state index in [4.69, 9.17) is 25.2 Å². The lowest BCUT2D eigenvalue weighted by Crippen LogP contribution is -2.11. The molecule has 0 amide bonds. The van der Waals surface area contributed by atoms with Gasteiger partial charge >= 0.3 is 0 Å².